The molecule has 2 aliphatic rings. The molecule has 1 N–H and O–H groups in total. The molecule has 0 radical (unpaired) electrons. The first kappa shape index (κ1) is 16.6. The highest BCUT2D eigenvalue weighted by atomic mass is 32.2. The summed E-state index contributed by atoms with van der Waals surface area (Å²) in [5.74, 6) is 0.269. The number of carbonyl (C=O) groups excluding carboxylic acids is 1. The summed E-state index contributed by atoms with van der Waals surface area (Å²) in [5.41, 5.74) is 0.604. The predicted octanol–water partition coefficient (Wildman–Crippen LogP) is 1.95. The van der Waals surface area contributed by atoms with Gasteiger partial charge in [0.2, 0.25) is 5.91 Å². The predicted molar refractivity (Wildman–Crippen MR) is 96.9 cm³/mol. The van der Waals surface area contributed by atoms with Crippen molar-refractivity contribution in [2.75, 3.05) is 12.4 Å². The molecule has 2 heterocycles. The fraction of sp³-hybridized carbons (Fsp3) is 0.500. The Labute approximate surface area is 150 Å². The van der Waals surface area contributed by atoms with Gasteiger partial charge >= 0.3 is 0 Å². The topological polar surface area (TPSA) is 73.2 Å². The van der Waals surface area contributed by atoms with Gasteiger partial charge in [0.25, 0.3) is 5.56 Å². The number of carbonyl (C=O) groups is 1. The molecule has 1 aliphatic heterocycles. The minimum absolute atomic E-state index is 0.00132. The number of nitrogens with one attached hydrogen (secondary N) is 1. The third-order valence-corrected chi connectivity index (χ3v) is 5.49. The molecule has 25 heavy (non-hydrogen) atoms. The molecule has 7 heteroatoms. The standard InChI is InChI=1S/C18H21N3O3S/c22-16(19-12-7-8-12)11-25-18-20-15-6-2-1-5-14(15)17(23)21(18)10-13-4-3-9-24-13/h1-2,5-6,12-13H,3-4,7-11H2,(H,19,22)/t13-/m1/s1. The van der Waals surface area contributed by atoms with E-state index in [1.54, 1.807) is 10.6 Å². The monoisotopic (exact) mass is 359 g/mol. The van der Waals surface area contributed by atoms with Crippen LogP contribution >= 0.6 is 11.8 Å². The number of amides is 1. The summed E-state index contributed by atoms with van der Waals surface area (Å²) in [6.45, 7) is 1.23. The summed E-state index contributed by atoms with van der Waals surface area (Å²) in [7, 11) is 0. The van der Waals surface area contributed by atoms with Crippen LogP contribution in [0, 0.1) is 0 Å². The number of hydrogen-bond donors (Lipinski definition) is 1. The van der Waals surface area contributed by atoms with E-state index in [2.05, 4.69) is 10.3 Å². The molecule has 2 fully saturated rings. The van der Waals surface area contributed by atoms with Crippen LogP contribution in [-0.2, 0) is 16.1 Å². The van der Waals surface area contributed by atoms with Crippen molar-refractivity contribution in [3.8, 4) is 0 Å². The maximum Gasteiger partial charge on any atom is 0.262 e. The molecule has 1 atom stereocenters. The molecular weight excluding hydrogens is 338 g/mol. The summed E-state index contributed by atoms with van der Waals surface area (Å²) in [6, 6.07) is 7.68. The third-order valence-electron chi connectivity index (χ3n) is 4.51. The van der Waals surface area contributed by atoms with Crippen molar-refractivity contribution in [2.45, 2.75) is 49.5 Å². The lowest BCUT2D eigenvalue weighted by molar-refractivity contribution is -0.118. The van der Waals surface area contributed by atoms with E-state index in [1.165, 1.54) is 11.8 Å². The molecule has 1 aromatic carbocycles. The molecule has 0 unspecified atom stereocenters. The smallest absolute Gasteiger partial charge is 0.262 e. The van der Waals surface area contributed by atoms with Crippen LogP contribution in [0.15, 0.2) is 34.2 Å². The Kier molecular flexibility index (Phi) is 4.76. The van der Waals surface area contributed by atoms with Crippen LogP contribution < -0.4 is 10.9 Å². The first-order valence-electron chi connectivity index (χ1n) is 8.74. The van der Waals surface area contributed by atoms with Gasteiger partial charge in [0.1, 0.15) is 0 Å². The molecule has 1 amide bonds. The molecule has 1 saturated carbocycles. The van der Waals surface area contributed by atoms with Crippen molar-refractivity contribution in [2.24, 2.45) is 0 Å². The van der Waals surface area contributed by atoms with Gasteiger partial charge in [-0.2, -0.15) is 0 Å². The molecule has 1 aromatic heterocycles. The number of benzene rings is 1. The Balaban J connectivity index is 1.61. The second-order valence-corrected chi connectivity index (χ2v) is 7.54. The van der Waals surface area contributed by atoms with Crippen molar-refractivity contribution in [3.63, 3.8) is 0 Å². The van der Waals surface area contributed by atoms with Gasteiger partial charge in [-0.05, 0) is 37.8 Å². The maximum atomic E-state index is 12.9. The van der Waals surface area contributed by atoms with Crippen LogP contribution in [0.2, 0.25) is 0 Å². The zero-order valence-electron chi connectivity index (χ0n) is 13.9. The minimum Gasteiger partial charge on any atom is -0.376 e. The normalized spacial score (nSPS) is 20.1. The highest BCUT2D eigenvalue weighted by Crippen LogP contribution is 2.22. The van der Waals surface area contributed by atoms with E-state index in [1.807, 2.05) is 18.2 Å². The first-order chi connectivity index (χ1) is 12.2. The van der Waals surface area contributed by atoms with Gasteiger partial charge in [-0.15, -0.1) is 0 Å². The summed E-state index contributed by atoms with van der Waals surface area (Å²) in [6.07, 6.45) is 4.14. The Hall–Kier alpha value is -1.86. The first-order valence-corrected chi connectivity index (χ1v) is 9.72. The molecular formula is C18H21N3O3S. The highest BCUT2D eigenvalue weighted by molar-refractivity contribution is 7.99. The van der Waals surface area contributed by atoms with Crippen molar-refractivity contribution < 1.29 is 9.53 Å². The van der Waals surface area contributed by atoms with Crippen molar-refractivity contribution in [3.05, 3.63) is 34.6 Å². The third kappa shape index (κ3) is 3.88. The van der Waals surface area contributed by atoms with E-state index in [9.17, 15) is 9.59 Å². The minimum atomic E-state index is -0.0637. The van der Waals surface area contributed by atoms with E-state index in [0.29, 0.717) is 28.6 Å². The maximum absolute atomic E-state index is 12.9. The quantitative estimate of drug-likeness (QED) is 0.630. The van der Waals surface area contributed by atoms with Crippen molar-refractivity contribution in [1.29, 1.82) is 0 Å². The summed E-state index contributed by atoms with van der Waals surface area (Å²) in [5, 5.41) is 4.16. The van der Waals surface area contributed by atoms with Crippen LogP contribution in [0.4, 0.5) is 0 Å². The average molecular weight is 359 g/mol. The van der Waals surface area contributed by atoms with E-state index in [-0.39, 0.29) is 23.3 Å². The molecule has 132 valence electrons. The van der Waals surface area contributed by atoms with Crippen molar-refractivity contribution >= 4 is 28.6 Å². The van der Waals surface area contributed by atoms with Gasteiger partial charge in [0.05, 0.1) is 29.3 Å². The lowest BCUT2D eigenvalue weighted by Crippen LogP contribution is -2.30. The number of rotatable bonds is 6. The second-order valence-electron chi connectivity index (χ2n) is 6.59. The summed E-state index contributed by atoms with van der Waals surface area (Å²) < 4.78 is 7.36. The van der Waals surface area contributed by atoms with E-state index >= 15 is 0 Å². The molecule has 1 aliphatic carbocycles. The van der Waals surface area contributed by atoms with Gasteiger partial charge in [0, 0.05) is 12.6 Å². The number of fused-ring (bicyclic) bond motifs is 1. The molecule has 1 saturated heterocycles. The molecule has 4 rings (SSSR count). The number of aromatic nitrogens is 2. The number of nitrogens with zero attached hydrogens (tertiary/aromatic N) is 2. The molecule has 2 aromatic rings. The number of ether oxygens (including phenoxy) is 1. The summed E-state index contributed by atoms with van der Waals surface area (Å²) >= 11 is 1.32. The Morgan fingerprint density at radius 1 is 1.32 bits per heavy atom. The van der Waals surface area contributed by atoms with Crippen LogP contribution in [-0.4, -0.2) is 40.0 Å². The number of hydrogen-bond acceptors (Lipinski definition) is 5. The number of para-hydroxylation sites is 1. The van der Waals surface area contributed by atoms with Crippen molar-refractivity contribution in [1.82, 2.24) is 14.9 Å². The zero-order chi connectivity index (χ0) is 17.2. The second kappa shape index (κ2) is 7.17. The van der Waals surface area contributed by atoms with E-state index in [0.717, 1.165) is 32.3 Å². The summed E-state index contributed by atoms with van der Waals surface area (Å²) in [4.78, 5) is 29.6. The fourth-order valence-corrected chi connectivity index (χ4v) is 3.86. The van der Waals surface area contributed by atoms with Crippen LogP contribution in [0.3, 0.4) is 0 Å². The lowest BCUT2D eigenvalue weighted by atomic mass is 10.2. The van der Waals surface area contributed by atoms with Gasteiger partial charge in [-0.3, -0.25) is 14.2 Å². The van der Waals surface area contributed by atoms with Gasteiger partial charge in [0.15, 0.2) is 5.16 Å². The molecule has 0 bridgehead atoms. The average Bonchev–Trinajstić information content (AvgIpc) is 3.27. The van der Waals surface area contributed by atoms with Crippen LogP contribution in [0.5, 0.6) is 0 Å². The van der Waals surface area contributed by atoms with Crippen LogP contribution in [0.1, 0.15) is 25.7 Å². The largest absolute Gasteiger partial charge is 0.376 e. The van der Waals surface area contributed by atoms with Gasteiger partial charge < -0.3 is 10.1 Å². The fourth-order valence-electron chi connectivity index (χ4n) is 3.04. The van der Waals surface area contributed by atoms with E-state index in [4.69, 9.17) is 4.74 Å². The Morgan fingerprint density at radius 3 is 2.92 bits per heavy atom. The molecule has 6 nitrogen and oxygen atoms in total. The van der Waals surface area contributed by atoms with Crippen LogP contribution in [0.25, 0.3) is 10.9 Å². The Morgan fingerprint density at radius 2 is 2.16 bits per heavy atom. The Bertz CT molecular complexity index is 841. The zero-order valence-corrected chi connectivity index (χ0v) is 14.8. The van der Waals surface area contributed by atoms with Gasteiger partial charge in [-0.1, -0.05) is 23.9 Å². The highest BCUT2D eigenvalue weighted by Gasteiger charge is 2.24. The SMILES string of the molecule is O=C(CSc1nc2ccccc2c(=O)n1C[C@H]1CCCO1)NC1CC1. The van der Waals surface area contributed by atoms with Gasteiger partial charge in [-0.25, -0.2) is 4.98 Å². The number of thioether (sulfide) groups is 1. The lowest BCUT2D eigenvalue weighted by Gasteiger charge is -2.16. The van der Waals surface area contributed by atoms with E-state index < -0.39 is 0 Å². The molecule has 0 spiro atoms.